The number of halogens is 1. The first-order valence-corrected chi connectivity index (χ1v) is 11.5. The molecule has 0 aliphatic rings. The van der Waals surface area contributed by atoms with Gasteiger partial charge in [0.1, 0.15) is 29.7 Å². The molecule has 3 aromatic heterocycles. The largest absolute Gasteiger partial charge is 0.493 e. The summed E-state index contributed by atoms with van der Waals surface area (Å²) in [5, 5.41) is 4.60. The number of pyridine rings is 1. The Morgan fingerprint density at radius 2 is 1.86 bits per heavy atom. The number of aryl methyl sites for hydroxylation is 1. The molecule has 0 radical (unpaired) electrons. The Bertz CT molecular complexity index is 1560. The number of rotatable bonds is 8. The fraction of sp³-hybridized carbons (Fsp3) is 0.154. The van der Waals surface area contributed by atoms with Crippen LogP contribution >= 0.6 is 11.3 Å². The second kappa shape index (κ2) is 9.27. The number of thiazole rings is 1. The van der Waals surface area contributed by atoms with E-state index in [0.29, 0.717) is 45.2 Å². The number of aromatic nitrogens is 2. The second-order valence-corrected chi connectivity index (χ2v) is 8.75. The van der Waals surface area contributed by atoms with Crippen molar-refractivity contribution in [1.29, 1.82) is 0 Å². The highest BCUT2D eigenvalue weighted by Gasteiger charge is 2.15. The topological polar surface area (TPSA) is 78.6 Å². The highest BCUT2D eigenvalue weighted by molar-refractivity contribution is 7.22. The van der Waals surface area contributed by atoms with Crippen LogP contribution in [-0.2, 0) is 6.67 Å². The number of benzene rings is 2. The first-order chi connectivity index (χ1) is 17.0. The van der Waals surface area contributed by atoms with Crippen molar-refractivity contribution in [2.45, 2.75) is 13.6 Å². The molecule has 35 heavy (non-hydrogen) atoms. The zero-order valence-electron chi connectivity index (χ0n) is 19.3. The molecule has 3 heterocycles. The number of methoxy groups -OCH3 is 2. The SMILES string of the molecule is C=C(Nc1nc2ccc(Oc3ccnc4cc(OC)c(OC)cc34)cc2s1)c1cc(C)oc1CF. The van der Waals surface area contributed by atoms with Crippen LogP contribution in [0.1, 0.15) is 17.1 Å². The van der Waals surface area contributed by atoms with Crippen LogP contribution in [0.4, 0.5) is 9.52 Å². The van der Waals surface area contributed by atoms with Crippen LogP contribution in [0.25, 0.3) is 26.8 Å². The first-order valence-electron chi connectivity index (χ1n) is 10.7. The molecule has 0 aliphatic carbocycles. The molecule has 0 unspecified atom stereocenters. The van der Waals surface area contributed by atoms with Crippen LogP contribution in [0.15, 0.2) is 59.7 Å². The van der Waals surface area contributed by atoms with Crippen molar-refractivity contribution in [3.63, 3.8) is 0 Å². The quantitative estimate of drug-likeness (QED) is 0.248. The van der Waals surface area contributed by atoms with Crippen molar-refractivity contribution in [2.75, 3.05) is 19.5 Å². The van der Waals surface area contributed by atoms with Crippen molar-refractivity contribution in [1.82, 2.24) is 9.97 Å². The normalized spacial score (nSPS) is 11.1. The minimum Gasteiger partial charge on any atom is -0.493 e. The molecule has 0 saturated heterocycles. The Kier molecular flexibility index (Phi) is 6.00. The zero-order chi connectivity index (χ0) is 24.5. The maximum Gasteiger partial charge on any atom is 0.188 e. The summed E-state index contributed by atoms with van der Waals surface area (Å²) in [6, 6.07) is 12.9. The molecule has 178 valence electrons. The summed E-state index contributed by atoms with van der Waals surface area (Å²) < 4.78 is 36.6. The van der Waals surface area contributed by atoms with Gasteiger partial charge < -0.3 is 23.9 Å². The van der Waals surface area contributed by atoms with Gasteiger partial charge in [0.05, 0.1) is 30.0 Å². The lowest BCUT2D eigenvalue weighted by Crippen LogP contribution is -1.97. The summed E-state index contributed by atoms with van der Waals surface area (Å²) in [5.41, 5.74) is 2.66. The third-order valence-corrected chi connectivity index (χ3v) is 6.36. The molecule has 0 saturated carbocycles. The molecule has 0 spiro atoms. The Labute approximate surface area is 204 Å². The number of hydrogen-bond donors (Lipinski definition) is 1. The molecule has 7 nitrogen and oxygen atoms in total. The van der Waals surface area contributed by atoms with Gasteiger partial charge in [-0.15, -0.1) is 0 Å². The average Bonchev–Trinajstić information content (AvgIpc) is 3.45. The fourth-order valence-corrected chi connectivity index (χ4v) is 4.72. The Morgan fingerprint density at radius 1 is 1.06 bits per heavy atom. The maximum atomic E-state index is 13.3. The number of nitrogens with one attached hydrogen (secondary N) is 1. The smallest absolute Gasteiger partial charge is 0.188 e. The number of fused-ring (bicyclic) bond motifs is 2. The van der Waals surface area contributed by atoms with Gasteiger partial charge in [-0.25, -0.2) is 9.37 Å². The van der Waals surface area contributed by atoms with E-state index in [1.165, 1.54) is 11.3 Å². The van der Waals surface area contributed by atoms with E-state index >= 15 is 0 Å². The first kappa shape index (κ1) is 22.7. The highest BCUT2D eigenvalue weighted by atomic mass is 32.1. The van der Waals surface area contributed by atoms with Crippen molar-refractivity contribution in [3.8, 4) is 23.0 Å². The Balaban J connectivity index is 1.42. The van der Waals surface area contributed by atoms with E-state index in [9.17, 15) is 4.39 Å². The Hall–Kier alpha value is -4.11. The van der Waals surface area contributed by atoms with Gasteiger partial charge in [-0.1, -0.05) is 17.9 Å². The molecule has 5 aromatic rings. The van der Waals surface area contributed by atoms with E-state index < -0.39 is 6.67 Å². The lowest BCUT2D eigenvalue weighted by molar-refractivity contribution is 0.355. The van der Waals surface area contributed by atoms with Crippen LogP contribution in [0.2, 0.25) is 0 Å². The second-order valence-electron chi connectivity index (χ2n) is 7.72. The van der Waals surface area contributed by atoms with E-state index in [0.717, 1.165) is 21.1 Å². The summed E-state index contributed by atoms with van der Waals surface area (Å²) in [6.45, 7) is 5.09. The number of hydrogen-bond acceptors (Lipinski definition) is 8. The van der Waals surface area contributed by atoms with Gasteiger partial charge in [0.2, 0.25) is 0 Å². The summed E-state index contributed by atoms with van der Waals surface area (Å²) in [7, 11) is 3.17. The van der Waals surface area contributed by atoms with Gasteiger partial charge in [0, 0.05) is 35.0 Å². The van der Waals surface area contributed by atoms with Gasteiger partial charge >= 0.3 is 0 Å². The summed E-state index contributed by atoms with van der Waals surface area (Å²) >= 11 is 1.44. The molecule has 0 fully saturated rings. The van der Waals surface area contributed by atoms with Gasteiger partial charge in [0.25, 0.3) is 0 Å². The van der Waals surface area contributed by atoms with E-state index in [1.54, 1.807) is 39.5 Å². The van der Waals surface area contributed by atoms with Gasteiger partial charge in [-0.3, -0.25) is 4.98 Å². The Morgan fingerprint density at radius 3 is 2.63 bits per heavy atom. The van der Waals surface area contributed by atoms with Crippen LogP contribution < -0.4 is 19.5 Å². The van der Waals surface area contributed by atoms with Crippen molar-refractivity contribution in [2.24, 2.45) is 0 Å². The van der Waals surface area contributed by atoms with Gasteiger partial charge in [-0.2, -0.15) is 0 Å². The monoisotopic (exact) mass is 491 g/mol. The highest BCUT2D eigenvalue weighted by Crippen LogP contribution is 2.38. The van der Waals surface area contributed by atoms with Crippen LogP contribution in [0.3, 0.4) is 0 Å². The number of nitrogens with zero attached hydrogens (tertiary/aromatic N) is 2. The number of anilines is 1. The molecule has 0 amide bonds. The van der Waals surface area contributed by atoms with Gasteiger partial charge in [-0.05, 0) is 37.3 Å². The number of ether oxygens (including phenoxy) is 3. The van der Waals surface area contributed by atoms with Crippen LogP contribution in [0.5, 0.6) is 23.0 Å². The van der Waals surface area contributed by atoms with E-state index in [4.69, 9.17) is 18.6 Å². The van der Waals surface area contributed by atoms with Gasteiger partial charge in [0.15, 0.2) is 16.6 Å². The molecule has 0 aliphatic heterocycles. The van der Waals surface area contributed by atoms with Crippen molar-refractivity contribution in [3.05, 3.63) is 72.3 Å². The summed E-state index contributed by atoms with van der Waals surface area (Å²) in [6.07, 6.45) is 1.69. The lowest BCUT2D eigenvalue weighted by Gasteiger charge is -2.12. The molecule has 2 aromatic carbocycles. The number of furan rings is 1. The molecular weight excluding hydrogens is 469 g/mol. The van der Waals surface area contributed by atoms with E-state index in [1.807, 2.05) is 30.3 Å². The third-order valence-electron chi connectivity index (χ3n) is 5.43. The molecular formula is C26H22FN3O4S. The fourth-order valence-electron chi connectivity index (χ4n) is 3.80. The summed E-state index contributed by atoms with van der Waals surface area (Å²) in [4.78, 5) is 9.02. The molecule has 5 rings (SSSR count). The predicted molar refractivity (Wildman–Crippen MR) is 135 cm³/mol. The summed E-state index contributed by atoms with van der Waals surface area (Å²) in [5.74, 6) is 3.36. The van der Waals surface area contributed by atoms with Crippen LogP contribution in [-0.4, -0.2) is 24.2 Å². The lowest BCUT2D eigenvalue weighted by atomic mass is 10.2. The molecule has 0 atom stereocenters. The molecule has 9 heteroatoms. The third kappa shape index (κ3) is 4.38. The molecule has 1 N–H and O–H groups in total. The van der Waals surface area contributed by atoms with Crippen molar-refractivity contribution < 1.29 is 23.0 Å². The molecule has 0 bridgehead atoms. The maximum absolute atomic E-state index is 13.3. The van der Waals surface area contributed by atoms with E-state index in [-0.39, 0.29) is 5.76 Å². The number of alkyl halides is 1. The van der Waals surface area contributed by atoms with Crippen molar-refractivity contribution >= 4 is 43.3 Å². The standard InChI is InChI=1S/C26H22FN3O4S/c1-14-9-17(24(13-27)33-14)15(2)29-26-30-19-6-5-16(10-25(19)35-26)34-21-7-8-28-20-12-23(32-4)22(31-3)11-18(20)21/h5-12H,2,13H2,1,3-4H3,(H,29,30). The van der Waals surface area contributed by atoms with E-state index in [2.05, 4.69) is 21.9 Å². The minimum absolute atomic E-state index is 0.246. The predicted octanol–water partition coefficient (Wildman–Crippen LogP) is 7.11. The van der Waals surface area contributed by atoms with Crippen LogP contribution in [0, 0.1) is 6.92 Å². The average molecular weight is 492 g/mol. The minimum atomic E-state index is -0.702. The zero-order valence-corrected chi connectivity index (χ0v) is 20.2.